The van der Waals surface area contributed by atoms with Crippen molar-refractivity contribution < 1.29 is 14.6 Å². The predicted molar refractivity (Wildman–Crippen MR) is 86.3 cm³/mol. The maximum atomic E-state index is 12.4. The number of anilines is 1. The van der Waals surface area contributed by atoms with E-state index in [9.17, 15) is 9.90 Å². The fourth-order valence-corrected chi connectivity index (χ4v) is 2.77. The van der Waals surface area contributed by atoms with Gasteiger partial charge in [-0.15, -0.1) is 0 Å². The summed E-state index contributed by atoms with van der Waals surface area (Å²) in [5.41, 5.74) is 0.725. The standard InChI is InChI=1S/C16H25N3O3/c1-12-10-18(11-13(2)20)7-8-19(12)16(21)17-14-5-4-6-15(9-14)22-3/h4-6,9,12-13,20H,7-8,10-11H2,1-3H3,(H,17,21)/t12-,13+/m1/s1. The molecule has 1 saturated heterocycles. The van der Waals surface area contributed by atoms with Crippen LogP contribution in [0.3, 0.4) is 0 Å². The minimum Gasteiger partial charge on any atom is -0.497 e. The third kappa shape index (κ3) is 4.35. The van der Waals surface area contributed by atoms with Gasteiger partial charge in [-0.25, -0.2) is 4.79 Å². The number of aliphatic hydroxyl groups excluding tert-OH is 1. The van der Waals surface area contributed by atoms with E-state index < -0.39 is 0 Å². The maximum Gasteiger partial charge on any atom is 0.322 e. The molecular formula is C16H25N3O3. The number of hydrogen-bond donors (Lipinski definition) is 2. The number of carbonyl (C=O) groups excluding carboxylic acids is 1. The summed E-state index contributed by atoms with van der Waals surface area (Å²) >= 11 is 0. The zero-order valence-electron chi connectivity index (χ0n) is 13.5. The van der Waals surface area contributed by atoms with Gasteiger partial charge >= 0.3 is 6.03 Å². The van der Waals surface area contributed by atoms with Crippen molar-refractivity contribution in [2.24, 2.45) is 0 Å². The van der Waals surface area contributed by atoms with Gasteiger partial charge in [0.15, 0.2) is 0 Å². The van der Waals surface area contributed by atoms with Crippen molar-refractivity contribution in [3.63, 3.8) is 0 Å². The molecule has 1 heterocycles. The number of carbonyl (C=O) groups is 1. The van der Waals surface area contributed by atoms with Crippen LogP contribution in [0.4, 0.5) is 10.5 Å². The molecule has 1 aliphatic rings. The molecule has 0 bridgehead atoms. The van der Waals surface area contributed by atoms with Gasteiger partial charge in [-0.2, -0.15) is 0 Å². The first-order valence-electron chi connectivity index (χ1n) is 7.61. The lowest BCUT2D eigenvalue weighted by Crippen LogP contribution is -2.56. The number of piperazine rings is 1. The summed E-state index contributed by atoms with van der Waals surface area (Å²) in [7, 11) is 1.60. The van der Waals surface area contributed by atoms with Crippen LogP contribution in [0.15, 0.2) is 24.3 Å². The average Bonchev–Trinajstić information content (AvgIpc) is 2.46. The van der Waals surface area contributed by atoms with Gasteiger partial charge in [0.05, 0.1) is 13.2 Å². The second-order valence-corrected chi connectivity index (χ2v) is 5.81. The van der Waals surface area contributed by atoms with Crippen LogP contribution in [0.2, 0.25) is 0 Å². The Morgan fingerprint density at radius 2 is 2.27 bits per heavy atom. The summed E-state index contributed by atoms with van der Waals surface area (Å²) in [4.78, 5) is 16.4. The lowest BCUT2D eigenvalue weighted by molar-refractivity contribution is 0.0692. The molecule has 2 amide bonds. The number of aliphatic hydroxyl groups is 1. The largest absolute Gasteiger partial charge is 0.497 e. The minimum absolute atomic E-state index is 0.0996. The number of urea groups is 1. The first-order valence-corrected chi connectivity index (χ1v) is 7.61. The van der Waals surface area contributed by atoms with Crippen LogP contribution < -0.4 is 10.1 Å². The number of β-amino-alcohol motifs (C(OH)–C–C–N with tert-alkyl or cyclic N) is 1. The van der Waals surface area contributed by atoms with Crippen LogP contribution in [-0.4, -0.2) is 66.4 Å². The monoisotopic (exact) mass is 307 g/mol. The molecule has 2 atom stereocenters. The molecule has 1 fully saturated rings. The quantitative estimate of drug-likeness (QED) is 0.887. The van der Waals surface area contributed by atoms with Crippen molar-refractivity contribution in [1.82, 2.24) is 9.80 Å². The summed E-state index contributed by atoms with van der Waals surface area (Å²) in [6.45, 7) is 6.67. The summed E-state index contributed by atoms with van der Waals surface area (Å²) in [6, 6.07) is 7.34. The first-order chi connectivity index (χ1) is 10.5. The number of hydrogen-bond acceptors (Lipinski definition) is 4. The molecule has 0 aliphatic carbocycles. The van der Waals surface area contributed by atoms with Crippen molar-refractivity contribution in [2.45, 2.75) is 26.0 Å². The number of ether oxygens (including phenoxy) is 1. The maximum absolute atomic E-state index is 12.4. The highest BCUT2D eigenvalue weighted by atomic mass is 16.5. The molecule has 0 unspecified atom stereocenters. The Labute approximate surface area is 131 Å². The van der Waals surface area contributed by atoms with Gasteiger partial charge < -0.3 is 20.1 Å². The number of rotatable bonds is 4. The molecule has 2 N–H and O–H groups in total. The Morgan fingerprint density at radius 1 is 1.50 bits per heavy atom. The SMILES string of the molecule is COc1cccc(NC(=O)N2CCN(C[C@H](C)O)C[C@H]2C)c1. The smallest absolute Gasteiger partial charge is 0.322 e. The van der Waals surface area contributed by atoms with E-state index in [0.717, 1.165) is 18.8 Å². The van der Waals surface area contributed by atoms with Crippen LogP contribution >= 0.6 is 0 Å². The van der Waals surface area contributed by atoms with Gasteiger partial charge in [-0.3, -0.25) is 4.90 Å². The molecule has 122 valence electrons. The summed E-state index contributed by atoms with van der Waals surface area (Å²) in [5.74, 6) is 0.715. The van der Waals surface area contributed by atoms with E-state index in [1.54, 1.807) is 20.1 Å². The van der Waals surface area contributed by atoms with Crippen LogP contribution in [0, 0.1) is 0 Å². The van der Waals surface area contributed by atoms with Crippen LogP contribution in [0.25, 0.3) is 0 Å². The Hall–Kier alpha value is -1.79. The van der Waals surface area contributed by atoms with Crippen molar-refractivity contribution in [1.29, 1.82) is 0 Å². The normalized spacial score (nSPS) is 20.5. The molecular weight excluding hydrogens is 282 g/mol. The number of nitrogens with zero attached hydrogens (tertiary/aromatic N) is 2. The van der Waals surface area contributed by atoms with Crippen LogP contribution in [-0.2, 0) is 0 Å². The zero-order valence-corrected chi connectivity index (χ0v) is 13.5. The van der Waals surface area contributed by atoms with Crippen LogP contribution in [0.5, 0.6) is 5.75 Å². The highest BCUT2D eigenvalue weighted by Gasteiger charge is 2.27. The van der Waals surface area contributed by atoms with E-state index in [-0.39, 0.29) is 18.2 Å². The molecule has 2 rings (SSSR count). The molecule has 0 spiro atoms. The van der Waals surface area contributed by atoms with Gasteiger partial charge in [-0.1, -0.05) is 6.07 Å². The fourth-order valence-electron chi connectivity index (χ4n) is 2.77. The topological polar surface area (TPSA) is 65.0 Å². The Kier molecular flexibility index (Phi) is 5.63. The molecule has 0 saturated carbocycles. The van der Waals surface area contributed by atoms with E-state index in [0.29, 0.717) is 18.8 Å². The van der Waals surface area contributed by atoms with Crippen molar-refractivity contribution in [2.75, 3.05) is 38.6 Å². The number of amides is 2. The molecule has 1 aliphatic heterocycles. The van der Waals surface area contributed by atoms with E-state index in [4.69, 9.17) is 4.74 Å². The fraction of sp³-hybridized carbons (Fsp3) is 0.562. The third-order valence-corrected chi connectivity index (χ3v) is 3.82. The van der Waals surface area contributed by atoms with Crippen molar-refractivity contribution in [3.05, 3.63) is 24.3 Å². The zero-order chi connectivity index (χ0) is 16.1. The lowest BCUT2D eigenvalue weighted by Gasteiger charge is -2.40. The van der Waals surface area contributed by atoms with E-state index in [1.165, 1.54) is 0 Å². The molecule has 22 heavy (non-hydrogen) atoms. The van der Waals surface area contributed by atoms with E-state index >= 15 is 0 Å². The number of nitrogens with one attached hydrogen (secondary N) is 1. The Bertz CT molecular complexity index is 507. The second kappa shape index (κ2) is 7.47. The van der Waals surface area contributed by atoms with Gasteiger partial charge in [0.25, 0.3) is 0 Å². The second-order valence-electron chi connectivity index (χ2n) is 5.81. The first kappa shape index (κ1) is 16.6. The highest BCUT2D eigenvalue weighted by molar-refractivity contribution is 5.89. The summed E-state index contributed by atoms with van der Waals surface area (Å²) in [6.07, 6.45) is -0.343. The van der Waals surface area contributed by atoms with Crippen LogP contribution in [0.1, 0.15) is 13.8 Å². The summed E-state index contributed by atoms with van der Waals surface area (Å²) in [5, 5.41) is 12.4. The molecule has 1 aromatic rings. The van der Waals surface area contributed by atoms with Gasteiger partial charge in [0.1, 0.15) is 5.75 Å². The van der Waals surface area contributed by atoms with E-state index in [2.05, 4.69) is 10.2 Å². The molecule has 6 heteroatoms. The average molecular weight is 307 g/mol. The number of methoxy groups -OCH3 is 1. The van der Waals surface area contributed by atoms with E-state index in [1.807, 2.05) is 30.0 Å². The van der Waals surface area contributed by atoms with Gasteiger partial charge in [-0.05, 0) is 26.0 Å². The Balaban J connectivity index is 1.92. The lowest BCUT2D eigenvalue weighted by atomic mass is 10.2. The number of benzene rings is 1. The predicted octanol–water partition coefficient (Wildman–Crippen LogP) is 1.61. The highest BCUT2D eigenvalue weighted by Crippen LogP contribution is 2.18. The summed E-state index contributed by atoms with van der Waals surface area (Å²) < 4.78 is 5.16. The van der Waals surface area contributed by atoms with Gasteiger partial charge in [0.2, 0.25) is 0 Å². The third-order valence-electron chi connectivity index (χ3n) is 3.82. The molecule has 6 nitrogen and oxygen atoms in total. The van der Waals surface area contributed by atoms with Crippen molar-refractivity contribution >= 4 is 11.7 Å². The van der Waals surface area contributed by atoms with Crippen molar-refractivity contribution in [3.8, 4) is 5.75 Å². The molecule has 0 radical (unpaired) electrons. The molecule has 1 aromatic carbocycles. The molecule has 0 aromatic heterocycles. The Morgan fingerprint density at radius 3 is 2.91 bits per heavy atom. The van der Waals surface area contributed by atoms with Gasteiger partial charge in [0, 0.05) is 44.0 Å². The minimum atomic E-state index is -0.343.